The van der Waals surface area contributed by atoms with E-state index in [0.29, 0.717) is 19.0 Å². The van der Waals surface area contributed by atoms with Crippen molar-refractivity contribution in [3.63, 3.8) is 0 Å². The Morgan fingerprint density at radius 2 is 2.00 bits per heavy atom. The fourth-order valence-electron chi connectivity index (χ4n) is 2.21. The van der Waals surface area contributed by atoms with Crippen molar-refractivity contribution >= 4 is 11.9 Å². The van der Waals surface area contributed by atoms with Crippen LogP contribution >= 0.6 is 0 Å². The van der Waals surface area contributed by atoms with E-state index in [9.17, 15) is 9.59 Å². The molecular weight excluding hydrogens is 194 g/mol. The van der Waals surface area contributed by atoms with Crippen molar-refractivity contribution in [2.45, 2.75) is 26.2 Å². The number of nitrogens with zero attached hydrogens (tertiary/aromatic N) is 1. The molecular formula is C11H17NO3. The fraction of sp³-hybridized carbons (Fsp3) is 0.818. The molecule has 1 aliphatic carbocycles. The molecule has 0 radical (unpaired) electrons. The topological polar surface area (TPSA) is 57.6 Å². The van der Waals surface area contributed by atoms with Crippen molar-refractivity contribution < 1.29 is 14.7 Å². The number of aliphatic carboxylic acids is 1. The lowest BCUT2D eigenvalue weighted by molar-refractivity contribution is -0.147. The summed E-state index contributed by atoms with van der Waals surface area (Å²) in [7, 11) is 0. The van der Waals surface area contributed by atoms with Gasteiger partial charge in [-0.1, -0.05) is 6.92 Å². The molecule has 1 amide bonds. The van der Waals surface area contributed by atoms with Crippen LogP contribution in [0.25, 0.3) is 0 Å². The van der Waals surface area contributed by atoms with Gasteiger partial charge >= 0.3 is 5.97 Å². The van der Waals surface area contributed by atoms with Crippen molar-refractivity contribution in [2.75, 3.05) is 13.1 Å². The summed E-state index contributed by atoms with van der Waals surface area (Å²) in [6, 6.07) is 0. The number of carboxylic acid groups (broad SMARTS) is 1. The molecule has 4 heteroatoms. The van der Waals surface area contributed by atoms with E-state index < -0.39 is 5.97 Å². The minimum atomic E-state index is -0.762. The molecule has 1 aliphatic heterocycles. The van der Waals surface area contributed by atoms with Gasteiger partial charge in [-0.05, 0) is 18.8 Å². The zero-order valence-electron chi connectivity index (χ0n) is 8.98. The highest BCUT2D eigenvalue weighted by atomic mass is 16.4. The van der Waals surface area contributed by atoms with E-state index in [1.807, 2.05) is 6.92 Å². The Kier molecular flexibility index (Phi) is 2.67. The van der Waals surface area contributed by atoms with Crippen LogP contribution in [0.2, 0.25) is 0 Å². The first-order valence-corrected chi connectivity index (χ1v) is 5.58. The lowest BCUT2D eigenvalue weighted by Gasteiger charge is -2.40. The Morgan fingerprint density at radius 3 is 2.47 bits per heavy atom. The summed E-state index contributed by atoms with van der Waals surface area (Å²) in [5.74, 6) is 0.381. The highest BCUT2D eigenvalue weighted by molar-refractivity contribution is 5.80. The quantitative estimate of drug-likeness (QED) is 0.753. The molecule has 0 aromatic heterocycles. The standard InChI is InChI=1S/C11H17NO3/c1-7(9-2-3-9)11(15)12-5-8(6-12)4-10(13)14/h7-9H,2-6H2,1H3,(H,13,14). The molecule has 15 heavy (non-hydrogen) atoms. The number of hydrogen-bond donors (Lipinski definition) is 1. The molecule has 0 aromatic carbocycles. The van der Waals surface area contributed by atoms with Crippen LogP contribution in [0.15, 0.2) is 0 Å². The number of rotatable bonds is 4. The third kappa shape index (κ3) is 2.30. The van der Waals surface area contributed by atoms with Crippen LogP contribution in [0.3, 0.4) is 0 Å². The molecule has 0 aromatic rings. The second-order valence-electron chi connectivity index (χ2n) is 4.83. The van der Waals surface area contributed by atoms with E-state index in [2.05, 4.69) is 0 Å². The molecule has 84 valence electrons. The van der Waals surface area contributed by atoms with E-state index in [1.54, 1.807) is 4.90 Å². The van der Waals surface area contributed by atoms with Crippen molar-refractivity contribution in [3.8, 4) is 0 Å². The van der Waals surface area contributed by atoms with Gasteiger partial charge in [-0.25, -0.2) is 0 Å². The minimum Gasteiger partial charge on any atom is -0.481 e. The van der Waals surface area contributed by atoms with Crippen LogP contribution in [0.1, 0.15) is 26.2 Å². The number of carbonyl (C=O) groups excluding carboxylic acids is 1. The molecule has 1 saturated heterocycles. The smallest absolute Gasteiger partial charge is 0.303 e. The second-order valence-corrected chi connectivity index (χ2v) is 4.83. The predicted octanol–water partition coefficient (Wildman–Crippen LogP) is 0.966. The summed E-state index contributed by atoms with van der Waals surface area (Å²) in [5.41, 5.74) is 0. The first kappa shape index (κ1) is 10.5. The Morgan fingerprint density at radius 1 is 1.40 bits per heavy atom. The average Bonchev–Trinajstić information content (AvgIpc) is 2.90. The van der Waals surface area contributed by atoms with Gasteiger partial charge < -0.3 is 10.0 Å². The van der Waals surface area contributed by atoms with Crippen molar-refractivity contribution in [2.24, 2.45) is 17.8 Å². The van der Waals surface area contributed by atoms with Crippen LogP contribution in [0.5, 0.6) is 0 Å². The maximum absolute atomic E-state index is 11.8. The molecule has 4 nitrogen and oxygen atoms in total. The SMILES string of the molecule is CC(C(=O)N1CC(CC(=O)O)C1)C1CC1. The molecule has 1 unspecified atom stereocenters. The molecule has 2 aliphatic rings. The van der Waals surface area contributed by atoms with Crippen molar-refractivity contribution in [1.82, 2.24) is 4.90 Å². The maximum atomic E-state index is 11.8. The van der Waals surface area contributed by atoms with E-state index >= 15 is 0 Å². The fourth-order valence-corrected chi connectivity index (χ4v) is 2.21. The third-order valence-corrected chi connectivity index (χ3v) is 3.45. The first-order chi connectivity index (χ1) is 7.08. The van der Waals surface area contributed by atoms with Gasteiger partial charge in [-0.2, -0.15) is 0 Å². The first-order valence-electron chi connectivity index (χ1n) is 5.58. The van der Waals surface area contributed by atoms with Crippen LogP contribution in [-0.4, -0.2) is 35.0 Å². The van der Waals surface area contributed by atoms with Crippen LogP contribution in [0.4, 0.5) is 0 Å². The Bertz CT molecular complexity index is 280. The average molecular weight is 211 g/mol. The van der Waals surface area contributed by atoms with Gasteiger partial charge in [0, 0.05) is 24.9 Å². The van der Waals surface area contributed by atoms with Gasteiger partial charge in [0.15, 0.2) is 0 Å². The Labute approximate surface area is 89.3 Å². The minimum absolute atomic E-state index is 0.149. The lowest BCUT2D eigenvalue weighted by Crippen LogP contribution is -2.52. The summed E-state index contributed by atoms with van der Waals surface area (Å²) in [4.78, 5) is 24.0. The predicted molar refractivity (Wildman–Crippen MR) is 54.2 cm³/mol. The molecule has 2 rings (SSSR count). The monoisotopic (exact) mass is 211 g/mol. The molecule has 0 spiro atoms. The summed E-state index contributed by atoms with van der Waals surface area (Å²) in [6.07, 6.45) is 2.56. The molecule has 0 bridgehead atoms. The summed E-state index contributed by atoms with van der Waals surface area (Å²) >= 11 is 0. The number of hydrogen-bond acceptors (Lipinski definition) is 2. The van der Waals surface area contributed by atoms with Gasteiger partial charge in [0.2, 0.25) is 5.91 Å². The summed E-state index contributed by atoms with van der Waals surface area (Å²) < 4.78 is 0. The molecule has 1 atom stereocenters. The molecule has 1 N–H and O–H groups in total. The van der Waals surface area contributed by atoms with Crippen molar-refractivity contribution in [3.05, 3.63) is 0 Å². The summed E-state index contributed by atoms with van der Waals surface area (Å²) in [5, 5.41) is 8.58. The number of likely N-dealkylation sites (tertiary alicyclic amines) is 1. The van der Waals surface area contributed by atoms with Crippen LogP contribution < -0.4 is 0 Å². The Hall–Kier alpha value is -1.06. The van der Waals surface area contributed by atoms with Crippen molar-refractivity contribution in [1.29, 1.82) is 0 Å². The second kappa shape index (κ2) is 3.83. The molecule has 1 saturated carbocycles. The highest BCUT2D eigenvalue weighted by Crippen LogP contribution is 2.38. The lowest BCUT2D eigenvalue weighted by atomic mass is 9.93. The van der Waals surface area contributed by atoms with E-state index in [1.165, 1.54) is 12.8 Å². The normalized spacial score (nSPS) is 23.4. The van der Waals surface area contributed by atoms with Gasteiger partial charge in [0.1, 0.15) is 0 Å². The largest absolute Gasteiger partial charge is 0.481 e. The van der Waals surface area contributed by atoms with E-state index in [0.717, 1.165) is 0 Å². The van der Waals surface area contributed by atoms with E-state index in [4.69, 9.17) is 5.11 Å². The molecule has 2 fully saturated rings. The van der Waals surface area contributed by atoms with Gasteiger partial charge in [0.05, 0.1) is 6.42 Å². The van der Waals surface area contributed by atoms with Gasteiger partial charge in [-0.3, -0.25) is 9.59 Å². The zero-order valence-corrected chi connectivity index (χ0v) is 8.98. The maximum Gasteiger partial charge on any atom is 0.303 e. The molecule has 1 heterocycles. The number of amides is 1. The summed E-state index contributed by atoms with van der Waals surface area (Å²) in [6.45, 7) is 3.27. The Balaban J connectivity index is 1.73. The zero-order chi connectivity index (χ0) is 11.0. The number of carboxylic acids is 1. The van der Waals surface area contributed by atoms with Gasteiger partial charge in [-0.15, -0.1) is 0 Å². The number of carbonyl (C=O) groups is 2. The third-order valence-electron chi connectivity index (χ3n) is 3.45. The van der Waals surface area contributed by atoms with Crippen LogP contribution in [-0.2, 0) is 9.59 Å². The van der Waals surface area contributed by atoms with Crippen LogP contribution in [0, 0.1) is 17.8 Å². The highest BCUT2D eigenvalue weighted by Gasteiger charge is 2.39. The van der Waals surface area contributed by atoms with E-state index in [-0.39, 0.29) is 24.2 Å². The van der Waals surface area contributed by atoms with Gasteiger partial charge in [0.25, 0.3) is 0 Å².